The van der Waals surface area contributed by atoms with Gasteiger partial charge in [-0.05, 0) is 32.0 Å². The third-order valence-electron chi connectivity index (χ3n) is 2.82. The number of halogens is 1. The van der Waals surface area contributed by atoms with Gasteiger partial charge in [-0.25, -0.2) is 4.98 Å². The zero-order chi connectivity index (χ0) is 14.0. The van der Waals surface area contributed by atoms with Gasteiger partial charge in [-0.2, -0.15) is 5.26 Å². The van der Waals surface area contributed by atoms with Crippen LogP contribution >= 0.6 is 27.3 Å². The summed E-state index contributed by atoms with van der Waals surface area (Å²) in [6.45, 7) is 3.73. The Hall–Kier alpha value is -1.38. The van der Waals surface area contributed by atoms with Crippen molar-refractivity contribution in [2.24, 2.45) is 0 Å². The average Bonchev–Trinajstić information content (AvgIpc) is 2.89. The molecule has 1 aromatic heterocycles. The molecule has 0 saturated heterocycles. The summed E-state index contributed by atoms with van der Waals surface area (Å²) in [4.78, 5) is 4.57. The Morgan fingerprint density at radius 3 is 2.79 bits per heavy atom. The van der Waals surface area contributed by atoms with Gasteiger partial charge in [0.2, 0.25) is 0 Å². The number of hydrogen-bond acceptors (Lipinski definition) is 4. The van der Waals surface area contributed by atoms with E-state index in [1.807, 2.05) is 37.4 Å². The van der Waals surface area contributed by atoms with Crippen LogP contribution in [0.2, 0.25) is 0 Å². The summed E-state index contributed by atoms with van der Waals surface area (Å²) in [6, 6.07) is 8.06. The number of nitriles is 1. The second-order valence-corrected chi connectivity index (χ2v) is 6.39. The molecular formula is C14H13BrN2OS. The molecular weight excluding hydrogens is 324 g/mol. The van der Waals surface area contributed by atoms with Crippen molar-refractivity contribution in [3.05, 3.63) is 33.7 Å². The number of methoxy groups -OCH3 is 1. The molecule has 1 aromatic carbocycles. The number of benzene rings is 1. The van der Waals surface area contributed by atoms with E-state index >= 15 is 0 Å². The molecule has 0 N–H and O–H groups in total. The van der Waals surface area contributed by atoms with E-state index in [1.54, 1.807) is 7.11 Å². The van der Waals surface area contributed by atoms with Crippen LogP contribution in [0.3, 0.4) is 0 Å². The van der Waals surface area contributed by atoms with Gasteiger partial charge in [0.1, 0.15) is 10.8 Å². The first kappa shape index (κ1) is 14.0. The highest BCUT2D eigenvalue weighted by molar-refractivity contribution is 9.10. The molecule has 98 valence electrons. The molecule has 3 nitrogen and oxygen atoms in total. The third kappa shape index (κ3) is 2.80. The van der Waals surface area contributed by atoms with Crippen LogP contribution in [0.15, 0.2) is 28.1 Å². The van der Waals surface area contributed by atoms with Crippen LogP contribution in [0.4, 0.5) is 0 Å². The molecule has 0 radical (unpaired) electrons. The summed E-state index contributed by atoms with van der Waals surface area (Å²) in [7, 11) is 1.64. The Labute approximate surface area is 125 Å². The minimum absolute atomic E-state index is 0.575. The zero-order valence-corrected chi connectivity index (χ0v) is 13.3. The van der Waals surface area contributed by atoms with E-state index in [1.165, 1.54) is 11.3 Å². The highest BCUT2D eigenvalue weighted by Gasteiger charge is 2.24. The fraction of sp³-hybridized carbons (Fsp3) is 0.286. The molecule has 0 aliphatic carbocycles. The summed E-state index contributed by atoms with van der Waals surface area (Å²) in [5.74, 6) is 0.777. The highest BCUT2D eigenvalue weighted by atomic mass is 79.9. The lowest BCUT2D eigenvalue weighted by molar-refractivity contribution is 0.416. The highest BCUT2D eigenvalue weighted by Crippen LogP contribution is 2.36. The van der Waals surface area contributed by atoms with Crippen molar-refractivity contribution in [2.45, 2.75) is 19.3 Å². The lowest BCUT2D eigenvalue weighted by Crippen LogP contribution is -2.14. The molecule has 2 aromatic rings. The fourth-order valence-electron chi connectivity index (χ4n) is 1.59. The van der Waals surface area contributed by atoms with Crippen molar-refractivity contribution in [1.82, 2.24) is 4.98 Å². The number of rotatable bonds is 3. The Bertz CT molecular complexity index is 643. The molecule has 5 heteroatoms. The number of thiazole rings is 1. The first-order chi connectivity index (χ1) is 8.97. The van der Waals surface area contributed by atoms with Crippen LogP contribution in [0.1, 0.15) is 19.5 Å². The zero-order valence-electron chi connectivity index (χ0n) is 10.9. The van der Waals surface area contributed by atoms with E-state index in [2.05, 4.69) is 27.0 Å². The van der Waals surface area contributed by atoms with Crippen molar-refractivity contribution in [3.8, 4) is 22.4 Å². The van der Waals surface area contributed by atoms with Crippen LogP contribution in [-0.2, 0) is 5.41 Å². The number of nitrogens with zero attached hydrogens (tertiary/aromatic N) is 2. The van der Waals surface area contributed by atoms with Crippen molar-refractivity contribution in [2.75, 3.05) is 7.11 Å². The first-order valence-corrected chi connectivity index (χ1v) is 7.36. The van der Waals surface area contributed by atoms with E-state index < -0.39 is 5.41 Å². The molecule has 0 atom stereocenters. The Balaban J connectivity index is 2.50. The molecule has 0 aliphatic heterocycles. The molecule has 0 unspecified atom stereocenters. The second kappa shape index (κ2) is 5.32. The predicted molar refractivity (Wildman–Crippen MR) is 80.4 cm³/mol. The summed E-state index contributed by atoms with van der Waals surface area (Å²) in [6.07, 6.45) is 0. The molecule has 1 heterocycles. The first-order valence-electron chi connectivity index (χ1n) is 5.69. The van der Waals surface area contributed by atoms with Crippen LogP contribution < -0.4 is 4.74 Å². The molecule has 19 heavy (non-hydrogen) atoms. The van der Waals surface area contributed by atoms with E-state index in [4.69, 9.17) is 10.00 Å². The summed E-state index contributed by atoms with van der Waals surface area (Å²) in [5.41, 5.74) is 1.15. The second-order valence-electron chi connectivity index (χ2n) is 4.62. The molecule has 2 rings (SSSR count). The van der Waals surface area contributed by atoms with Gasteiger partial charge in [0.15, 0.2) is 0 Å². The number of ether oxygens (including phenoxy) is 1. The maximum atomic E-state index is 9.15. The lowest BCUT2D eigenvalue weighted by Gasteiger charge is -2.11. The Morgan fingerprint density at radius 2 is 2.16 bits per heavy atom. The number of hydrogen-bond donors (Lipinski definition) is 0. The van der Waals surface area contributed by atoms with Crippen molar-refractivity contribution >= 4 is 27.3 Å². The summed E-state index contributed by atoms with van der Waals surface area (Å²) in [5, 5.41) is 11.9. The summed E-state index contributed by atoms with van der Waals surface area (Å²) < 4.78 is 6.33. The van der Waals surface area contributed by atoms with Crippen molar-refractivity contribution in [3.63, 3.8) is 0 Å². The molecule has 0 saturated carbocycles. The largest absolute Gasteiger partial charge is 0.496 e. The van der Waals surface area contributed by atoms with Gasteiger partial charge in [0.25, 0.3) is 0 Å². The van der Waals surface area contributed by atoms with Gasteiger partial charge in [-0.3, -0.25) is 0 Å². The van der Waals surface area contributed by atoms with E-state index in [9.17, 15) is 0 Å². The quantitative estimate of drug-likeness (QED) is 0.835. The smallest absolute Gasteiger partial charge is 0.129 e. The predicted octanol–water partition coefficient (Wildman–Crippen LogP) is 4.38. The average molecular weight is 337 g/mol. The SMILES string of the molecule is COc1ccc(Br)cc1-c1nc(C(C)(C)C#N)cs1. The van der Waals surface area contributed by atoms with E-state index in [-0.39, 0.29) is 0 Å². The van der Waals surface area contributed by atoms with Gasteiger partial charge in [0, 0.05) is 9.85 Å². The Kier molecular flexibility index (Phi) is 3.93. The van der Waals surface area contributed by atoms with Gasteiger partial charge in [-0.1, -0.05) is 15.9 Å². The topological polar surface area (TPSA) is 45.9 Å². The molecule has 0 spiro atoms. The standard InChI is InChI=1S/C14H13BrN2OS/c1-14(2,8-16)12-7-19-13(17-12)10-6-9(15)4-5-11(10)18-3/h4-7H,1-3H3. The summed E-state index contributed by atoms with van der Waals surface area (Å²) >= 11 is 4.97. The Morgan fingerprint density at radius 1 is 1.42 bits per heavy atom. The van der Waals surface area contributed by atoms with Gasteiger partial charge < -0.3 is 4.74 Å². The molecule has 0 bridgehead atoms. The normalized spacial score (nSPS) is 11.1. The maximum Gasteiger partial charge on any atom is 0.129 e. The minimum Gasteiger partial charge on any atom is -0.496 e. The molecule has 0 fully saturated rings. The van der Waals surface area contributed by atoms with E-state index in [0.717, 1.165) is 26.5 Å². The maximum absolute atomic E-state index is 9.15. The van der Waals surface area contributed by atoms with E-state index in [0.29, 0.717) is 0 Å². The number of aromatic nitrogens is 1. The van der Waals surface area contributed by atoms with Gasteiger partial charge in [-0.15, -0.1) is 11.3 Å². The van der Waals surface area contributed by atoms with Crippen LogP contribution in [-0.4, -0.2) is 12.1 Å². The van der Waals surface area contributed by atoms with Crippen LogP contribution in [0.5, 0.6) is 5.75 Å². The molecule has 0 amide bonds. The lowest BCUT2D eigenvalue weighted by atomic mass is 9.92. The van der Waals surface area contributed by atoms with Gasteiger partial charge >= 0.3 is 0 Å². The monoisotopic (exact) mass is 336 g/mol. The molecule has 0 aliphatic rings. The van der Waals surface area contributed by atoms with Crippen LogP contribution in [0, 0.1) is 11.3 Å². The minimum atomic E-state index is -0.575. The van der Waals surface area contributed by atoms with Crippen molar-refractivity contribution in [1.29, 1.82) is 5.26 Å². The fourth-order valence-corrected chi connectivity index (χ4v) is 2.96. The third-order valence-corrected chi connectivity index (χ3v) is 4.18. The van der Waals surface area contributed by atoms with Crippen molar-refractivity contribution < 1.29 is 4.74 Å². The van der Waals surface area contributed by atoms with Crippen LogP contribution in [0.25, 0.3) is 10.6 Å². The van der Waals surface area contributed by atoms with Gasteiger partial charge in [0.05, 0.1) is 29.9 Å².